The summed E-state index contributed by atoms with van der Waals surface area (Å²) in [5.41, 5.74) is 0.774. The second-order valence-electron chi connectivity index (χ2n) is 7.22. The first kappa shape index (κ1) is 20.6. The van der Waals surface area contributed by atoms with Gasteiger partial charge in [0.25, 0.3) is 0 Å². The molecule has 0 radical (unpaired) electrons. The maximum atomic E-state index is 13.2. The summed E-state index contributed by atoms with van der Waals surface area (Å²) < 4.78 is 25.0. The third-order valence-corrected chi connectivity index (χ3v) is 4.95. The molecule has 0 saturated carbocycles. The Bertz CT molecular complexity index is 993. The fraction of sp³-hybridized carbons (Fsp3) is 0.261. The van der Waals surface area contributed by atoms with Gasteiger partial charge in [-0.2, -0.15) is 0 Å². The van der Waals surface area contributed by atoms with Gasteiger partial charge in [-0.3, -0.25) is 10.3 Å². The molecule has 0 aliphatic carbocycles. The van der Waals surface area contributed by atoms with Crippen molar-refractivity contribution in [3.8, 4) is 11.5 Å². The minimum atomic E-state index is -0.276. The molecular weight excluding hydrogens is 399 g/mol. The minimum absolute atomic E-state index is 0.0413. The van der Waals surface area contributed by atoms with E-state index in [0.29, 0.717) is 31.3 Å². The van der Waals surface area contributed by atoms with E-state index in [1.165, 1.54) is 24.5 Å². The number of anilines is 1. The molecule has 0 bridgehead atoms. The molecule has 2 heterocycles. The van der Waals surface area contributed by atoms with Crippen molar-refractivity contribution >= 4 is 11.8 Å². The lowest BCUT2D eigenvalue weighted by Gasteiger charge is -2.32. The van der Waals surface area contributed by atoms with Gasteiger partial charge in [0.2, 0.25) is 0 Å². The Morgan fingerprint density at radius 2 is 1.87 bits per heavy atom. The maximum absolute atomic E-state index is 13.2. The summed E-state index contributed by atoms with van der Waals surface area (Å²) in [5.74, 6) is 1.60. The molecule has 0 atom stereocenters. The molecule has 31 heavy (non-hydrogen) atoms. The number of aromatic nitrogens is 2. The Labute approximate surface area is 179 Å². The van der Waals surface area contributed by atoms with Crippen LogP contribution in [0, 0.1) is 5.82 Å². The molecule has 1 fully saturated rings. The van der Waals surface area contributed by atoms with Gasteiger partial charge in [0, 0.05) is 38.3 Å². The summed E-state index contributed by atoms with van der Waals surface area (Å²) in [5, 5.41) is 2.75. The van der Waals surface area contributed by atoms with Crippen molar-refractivity contribution in [2.75, 3.05) is 18.4 Å². The van der Waals surface area contributed by atoms with Gasteiger partial charge in [-0.15, -0.1) is 0 Å². The number of piperidine rings is 1. The van der Waals surface area contributed by atoms with Crippen LogP contribution in [0.3, 0.4) is 0 Å². The molecule has 1 N–H and O–H groups in total. The lowest BCUT2D eigenvalue weighted by molar-refractivity contribution is 0.115. The first-order valence-electron chi connectivity index (χ1n) is 10.1. The number of hydrogen-bond acceptors (Lipinski definition) is 5. The summed E-state index contributed by atoms with van der Waals surface area (Å²) in [6.07, 6.45) is 6.13. The van der Waals surface area contributed by atoms with E-state index in [9.17, 15) is 9.18 Å². The van der Waals surface area contributed by atoms with Crippen LogP contribution >= 0.6 is 0 Å². The molecule has 1 aliphatic heterocycles. The summed E-state index contributed by atoms with van der Waals surface area (Å²) in [6, 6.07) is 13.5. The van der Waals surface area contributed by atoms with Crippen molar-refractivity contribution in [1.29, 1.82) is 0 Å². The first-order valence-corrected chi connectivity index (χ1v) is 10.1. The normalized spacial score (nSPS) is 14.2. The van der Waals surface area contributed by atoms with Crippen LogP contribution in [-0.4, -0.2) is 40.1 Å². The van der Waals surface area contributed by atoms with Crippen LogP contribution in [0.15, 0.2) is 67.1 Å². The van der Waals surface area contributed by atoms with Gasteiger partial charge < -0.3 is 14.4 Å². The molecular formula is C23H23FN4O3. The summed E-state index contributed by atoms with van der Waals surface area (Å²) in [7, 11) is 0. The monoisotopic (exact) mass is 422 g/mol. The van der Waals surface area contributed by atoms with Crippen molar-refractivity contribution < 1.29 is 18.7 Å². The van der Waals surface area contributed by atoms with Crippen LogP contribution in [0.5, 0.6) is 11.5 Å². The number of benzene rings is 2. The third-order valence-electron chi connectivity index (χ3n) is 4.95. The smallest absolute Gasteiger partial charge is 0.323 e. The Kier molecular flexibility index (Phi) is 6.56. The van der Waals surface area contributed by atoms with Crippen LogP contribution in [0.4, 0.5) is 15.0 Å². The number of likely N-dealkylation sites (tertiary alicyclic amines) is 1. The van der Waals surface area contributed by atoms with E-state index in [2.05, 4.69) is 15.3 Å². The van der Waals surface area contributed by atoms with Crippen LogP contribution in [-0.2, 0) is 6.61 Å². The SMILES string of the molecule is O=C(Nc1cnccn1)N1CCC(Oc2ccc(OCc3cccc(F)c3)cc2)CC1. The summed E-state index contributed by atoms with van der Waals surface area (Å²) in [4.78, 5) is 22.1. The third kappa shape index (κ3) is 5.91. The van der Waals surface area contributed by atoms with Crippen molar-refractivity contribution in [2.45, 2.75) is 25.6 Å². The lowest BCUT2D eigenvalue weighted by atomic mass is 10.1. The van der Waals surface area contributed by atoms with Gasteiger partial charge in [-0.05, 0) is 42.0 Å². The van der Waals surface area contributed by atoms with E-state index < -0.39 is 0 Å². The molecule has 2 aromatic carbocycles. The molecule has 1 saturated heterocycles. The molecule has 0 spiro atoms. The number of halogens is 1. The predicted molar refractivity (Wildman–Crippen MR) is 113 cm³/mol. The number of carbonyl (C=O) groups is 1. The molecule has 2 amide bonds. The van der Waals surface area contributed by atoms with Crippen LogP contribution in [0.2, 0.25) is 0 Å². The van der Waals surface area contributed by atoms with E-state index >= 15 is 0 Å². The zero-order chi connectivity index (χ0) is 21.5. The number of urea groups is 1. The van der Waals surface area contributed by atoms with E-state index in [1.54, 1.807) is 17.2 Å². The van der Waals surface area contributed by atoms with E-state index in [-0.39, 0.29) is 18.0 Å². The van der Waals surface area contributed by atoms with Gasteiger partial charge >= 0.3 is 6.03 Å². The number of nitrogens with one attached hydrogen (secondary N) is 1. The number of hydrogen-bond donors (Lipinski definition) is 1. The lowest BCUT2D eigenvalue weighted by Crippen LogP contribution is -2.43. The Morgan fingerprint density at radius 1 is 1.10 bits per heavy atom. The van der Waals surface area contributed by atoms with Crippen LogP contribution < -0.4 is 14.8 Å². The van der Waals surface area contributed by atoms with E-state index in [1.807, 2.05) is 30.3 Å². The summed E-state index contributed by atoms with van der Waals surface area (Å²) in [6.45, 7) is 1.50. The Morgan fingerprint density at radius 3 is 2.58 bits per heavy atom. The zero-order valence-corrected chi connectivity index (χ0v) is 16.9. The number of rotatable bonds is 6. The largest absolute Gasteiger partial charge is 0.490 e. The highest BCUT2D eigenvalue weighted by Gasteiger charge is 2.24. The molecule has 7 nitrogen and oxygen atoms in total. The van der Waals surface area contributed by atoms with Crippen molar-refractivity contribution in [3.63, 3.8) is 0 Å². The average Bonchev–Trinajstić information content (AvgIpc) is 2.80. The van der Waals surface area contributed by atoms with Crippen molar-refractivity contribution in [1.82, 2.24) is 14.9 Å². The van der Waals surface area contributed by atoms with Gasteiger partial charge in [0.05, 0.1) is 6.20 Å². The molecule has 3 aromatic rings. The van der Waals surface area contributed by atoms with Gasteiger partial charge in [0.15, 0.2) is 5.82 Å². The number of ether oxygens (including phenoxy) is 2. The molecule has 0 unspecified atom stereocenters. The second-order valence-corrected chi connectivity index (χ2v) is 7.22. The highest BCUT2D eigenvalue weighted by molar-refractivity contribution is 5.88. The standard InChI is InChI=1S/C23H23FN4O3/c24-18-3-1-2-17(14-18)16-30-19-4-6-20(7-5-19)31-21-8-12-28(13-9-21)23(29)27-22-15-25-10-11-26-22/h1-7,10-11,14-15,21H,8-9,12-13,16H2,(H,26,27,29). The van der Waals surface area contributed by atoms with Crippen LogP contribution in [0.1, 0.15) is 18.4 Å². The second kappa shape index (κ2) is 9.88. The summed E-state index contributed by atoms with van der Waals surface area (Å²) >= 11 is 0. The molecule has 1 aromatic heterocycles. The predicted octanol–water partition coefficient (Wildman–Crippen LogP) is 4.27. The fourth-order valence-corrected chi connectivity index (χ4v) is 3.33. The van der Waals surface area contributed by atoms with Gasteiger partial charge in [-0.25, -0.2) is 14.2 Å². The highest BCUT2D eigenvalue weighted by Crippen LogP contribution is 2.23. The Balaban J connectivity index is 1.22. The van der Waals surface area contributed by atoms with Crippen LogP contribution in [0.25, 0.3) is 0 Å². The van der Waals surface area contributed by atoms with Crippen molar-refractivity contribution in [2.24, 2.45) is 0 Å². The number of carbonyl (C=O) groups excluding carboxylic acids is 1. The Hall–Kier alpha value is -3.68. The highest BCUT2D eigenvalue weighted by atomic mass is 19.1. The number of amides is 2. The number of nitrogens with zero attached hydrogens (tertiary/aromatic N) is 3. The minimum Gasteiger partial charge on any atom is -0.490 e. The fourth-order valence-electron chi connectivity index (χ4n) is 3.33. The molecule has 160 valence electrons. The zero-order valence-electron chi connectivity index (χ0n) is 16.9. The first-order chi connectivity index (χ1) is 15.2. The average molecular weight is 422 g/mol. The van der Waals surface area contributed by atoms with E-state index in [4.69, 9.17) is 9.47 Å². The van der Waals surface area contributed by atoms with Gasteiger partial charge in [-0.1, -0.05) is 12.1 Å². The molecule has 4 rings (SSSR count). The van der Waals surface area contributed by atoms with E-state index in [0.717, 1.165) is 24.2 Å². The van der Waals surface area contributed by atoms with Crippen molar-refractivity contribution in [3.05, 3.63) is 78.5 Å². The van der Waals surface area contributed by atoms with Gasteiger partial charge in [0.1, 0.15) is 30.0 Å². The molecule has 1 aliphatic rings. The quantitative estimate of drug-likeness (QED) is 0.642. The molecule has 8 heteroatoms. The topological polar surface area (TPSA) is 76.6 Å². The maximum Gasteiger partial charge on any atom is 0.323 e.